The van der Waals surface area contributed by atoms with Gasteiger partial charge in [0, 0.05) is 18.3 Å². The van der Waals surface area contributed by atoms with Crippen LogP contribution >= 0.6 is 0 Å². The van der Waals surface area contributed by atoms with Crippen LogP contribution in [0, 0.1) is 43.4 Å². The number of allylic oxidation sites excluding steroid dienone is 2. The molecule has 0 spiro atoms. The van der Waals surface area contributed by atoms with Crippen molar-refractivity contribution in [1.29, 1.82) is 0 Å². The van der Waals surface area contributed by atoms with E-state index >= 15 is 0 Å². The first-order valence-electron chi connectivity index (χ1n) is 13.9. The molecule has 6 unspecified atom stereocenters. The molecule has 34 heavy (non-hydrogen) atoms. The summed E-state index contributed by atoms with van der Waals surface area (Å²) in [6.07, 6.45) is 13.3. The van der Waals surface area contributed by atoms with Crippen molar-refractivity contribution in [3.8, 4) is 0 Å². The highest BCUT2D eigenvalue weighted by Gasteiger charge is 2.45. The second kappa shape index (κ2) is 10.2. The number of carbonyl (C=O) groups is 1. The molecule has 0 aromatic heterocycles. The van der Waals surface area contributed by atoms with E-state index in [4.69, 9.17) is 0 Å². The molecule has 1 heteroatoms. The van der Waals surface area contributed by atoms with Gasteiger partial charge in [-0.25, -0.2) is 0 Å². The molecule has 180 valence electrons. The highest BCUT2D eigenvalue weighted by atomic mass is 16.1. The van der Waals surface area contributed by atoms with Gasteiger partial charge in [0.15, 0.2) is 0 Å². The van der Waals surface area contributed by atoms with Crippen LogP contribution in [0.3, 0.4) is 0 Å². The number of ketones is 1. The lowest BCUT2D eigenvalue weighted by Gasteiger charge is -2.35. The molecular weight excluding hydrogens is 412 g/mol. The Hall–Kier alpha value is -2.15. The predicted octanol–water partition coefficient (Wildman–Crippen LogP) is 8.39. The SMILES string of the molecule is Cc1ccc(CC2CCCC3C2=CC(C(=O)CC2CCCCC2C)C3c2ccc(C)cc2)cc1. The van der Waals surface area contributed by atoms with Crippen LogP contribution in [0.25, 0.3) is 0 Å². The van der Waals surface area contributed by atoms with Gasteiger partial charge in [0.05, 0.1) is 0 Å². The Bertz CT molecular complexity index is 1010. The van der Waals surface area contributed by atoms with Crippen LogP contribution < -0.4 is 0 Å². The van der Waals surface area contributed by atoms with E-state index in [9.17, 15) is 4.79 Å². The number of carbonyl (C=O) groups excluding carboxylic acids is 1. The van der Waals surface area contributed by atoms with Crippen molar-refractivity contribution in [1.82, 2.24) is 0 Å². The number of hydrogen-bond acceptors (Lipinski definition) is 1. The van der Waals surface area contributed by atoms with Gasteiger partial charge in [-0.2, -0.15) is 0 Å². The molecule has 2 saturated carbocycles. The minimum atomic E-state index is 0.0652. The molecule has 0 N–H and O–H groups in total. The van der Waals surface area contributed by atoms with Gasteiger partial charge in [0.2, 0.25) is 0 Å². The summed E-state index contributed by atoms with van der Waals surface area (Å²) in [5, 5.41) is 0. The number of aryl methyl sites for hydroxylation is 2. The molecule has 2 fully saturated rings. The maximum absolute atomic E-state index is 13.9. The molecule has 6 atom stereocenters. The van der Waals surface area contributed by atoms with Gasteiger partial charge in [0.1, 0.15) is 5.78 Å². The average molecular weight is 455 g/mol. The van der Waals surface area contributed by atoms with E-state index in [1.165, 1.54) is 67.2 Å². The fourth-order valence-electron chi connectivity index (χ4n) is 7.27. The molecule has 2 aromatic carbocycles. The Morgan fingerprint density at radius 2 is 1.50 bits per heavy atom. The number of Topliss-reactive ketones (excluding diaryl/α,β-unsaturated/α-hetero) is 1. The Morgan fingerprint density at radius 1 is 0.824 bits per heavy atom. The van der Waals surface area contributed by atoms with Crippen molar-refractivity contribution < 1.29 is 4.79 Å². The number of fused-ring (bicyclic) bond motifs is 1. The lowest BCUT2D eigenvalue weighted by molar-refractivity contribution is -0.123. The maximum Gasteiger partial charge on any atom is 0.140 e. The summed E-state index contributed by atoms with van der Waals surface area (Å²) in [6, 6.07) is 18.2. The second-order valence-electron chi connectivity index (χ2n) is 11.7. The summed E-state index contributed by atoms with van der Waals surface area (Å²) in [5.74, 6) is 3.31. The topological polar surface area (TPSA) is 17.1 Å². The molecule has 0 heterocycles. The van der Waals surface area contributed by atoms with Gasteiger partial charge < -0.3 is 0 Å². The third-order valence-corrected chi connectivity index (χ3v) is 9.35. The molecule has 0 amide bonds. The first-order valence-corrected chi connectivity index (χ1v) is 13.9. The van der Waals surface area contributed by atoms with Crippen molar-refractivity contribution in [2.75, 3.05) is 0 Å². The maximum atomic E-state index is 13.9. The molecule has 0 radical (unpaired) electrons. The van der Waals surface area contributed by atoms with Gasteiger partial charge in [-0.3, -0.25) is 4.79 Å². The lowest BCUT2D eigenvalue weighted by atomic mass is 9.69. The predicted molar refractivity (Wildman–Crippen MR) is 142 cm³/mol. The normalized spacial score (nSPS) is 31.1. The summed E-state index contributed by atoms with van der Waals surface area (Å²) >= 11 is 0. The summed E-state index contributed by atoms with van der Waals surface area (Å²) in [4.78, 5) is 13.9. The standard InChI is InChI=1S/C33H42O/c1-22-11-15-25(16-12-22)19-28-9-6-10-29-30(28)21-31(33(29)26-17-13-23(2)14-18-26)32(34)20-27-8-5-4-7-24(27)3/h11-18,21,24,27-29,31,33H,4-10,19-20H2,1-3H3. The Labute approximate surface area is 207 Å². The van der Waals surface area contributed by atoms with Crippen LogP contribution in [0.4, 0.5) is 0 Å². The molecule has 5 rings (SSSR count). The first kappa shape index (κ1) is 23.6. The molecular formula is C33H42O. The van der Waals surface area contributed by atoms with Crippen LogP contribution in [-0.4, -0.2) is 5.78 Å². The van der Waals surface area contributed by atoms with Crippen molar-refractivity contribution in [2.24, 2.45) is 29.6 Å². The van der Waals surface area contributed by atoms with Crippen LogP contribution in [-0.2, 0) is 11.2 Å². The fourth-order valence-corrected chi connectivity index (χ4v) is 7.27. The van der Waals surface area contributed by atoms with Crippen molar-refractivity contribution in [3.63, 3.8) is 0 Å². The lowest BCUT2D eigenvalue weighted by Crippen LogP contribution is -2.28. The van der Waals surface area contributed by atoms with E-state index in [-0.39, 0.29) is 5.92 Å². The summed E-state index contributed by atoms with van der Waals surface area (Å²) in [7, 11) is 0. The van der Waals surface area contributed by atoms with Crippen LogP contribution in [0.15, 0.2) is 60.2 Å². The van der Waals surface area contributed by atoms with E-state index in [1.807, 2.05) is 0 Å². The Balaban J connectivity index is 1.43. The monoisotopic (exact) mass is 454 g/mol. The highest BCUT2D eigenvalue weighted by molar-refractivity contribution is 5.85. The van der Waals surface area contributed by atoms with E-state index < -0.39 is 0 Å². The van der Waals surface area contributed by atoms with E-state index in [1.54, 1.807) is 5.57 Å². The van der Waals surface area contributed by atoms with Gasteiger partial charge in [-0.1, -0.05) is 104 Å². The Kier molecular flexibility index (Phi) is 7.09. The third kappa shape index (κ3) is 4.95. The van der Waals surface area contributed by atoms with Gasteiger partial charge >= 0.3 is 0 Å². The molecule has 1 nitrogen and oxygen atoms in total. The third-order valence-electron chi connectivity index (χ3n) is 9.35. The molecule has 0 saturated heterocycles. The number of benzene rings is 2. The smallest absolute Gasteiger partial charge is 0.140 e. The van der Waals surface area contributed by atoms with Crippen molar-refractivity contribution in [3.05, 3.63) is 82.4 Å². The van der Waals surface area contributed by atoms with E-state index in [0.717, 1.165) is 12.8 Å². The highest BCUT2D eigenvalue weighted by Crippen LogP contribution is 2.53. The van der Waals surface area contributed by atoms with Crippen molar-refractivity contribution >= 4 is 5.78 Å². The van der Waals surface area contributed by atoms with Gasteiger partial charge in [0.25, 0.3) is 0 Å². The first-order chi connectivity index (χ1) is 16.5. The number of hydrogen-bond donors (Lipinski definition) is 0. The second-order valence-corrected chi connectivity index (χ2v) is 11.7. The molecule has 3 aliphatic carbocycles. The minimum absolute atomic E-state index is 0.0652. The van der Waals surface area contributed by atoms with E-state index in [0.29, 0.717) is 35.4 Å². The van der Waals surface area contributed by atoms with Crippen molar-refractivity contribution in [2.45, 2.75) is 84.5 Å². The van der Waals surface area contributed by atoms with Crippen LogP contribution in [0.1, 0.15) is 86.5 Å². The van der Waals surface area contributed by atoms with Gasteiger partial charge in [-0.05, 0) is 74.3 Å². The molecule has 2 aromatic rings. The van der Waals surface area contributed by atoms with Gasteiger partial charge in [-0.15, -0.1) is 0 Å². The molecule has 0 bridgehead atoms. The fraction of sp³-hybridized carbons (Fsp3) is 0.545. The molecule has 3 aliphatic rings. The zero-order valence-corrected chi connectivity index (χ0v) is 21.4. The van der Waals surface area contributed by atoms with Crippen LogP contribution in [0.5, 0.6) is 0 Å². The van der Waals surface area contributed by atoms with Crippen LogP contribution in [0.2, 0.25) is 0 Å². The zero-order chi connectivity index (χ0) is 23.7. The number of rotatable bonds is 6. The minimum Gasteiger partial charge on any atom is -0.299 e. The summed E-state index contributed by atoms with van der Waals surface area (Å²) < 4.78 is 0. The summed E-state index contributed by atoms with van der Waals surface area (Å²) in [5.41, 5.74) is 7.05. The zero-order valence-electron chi connectivity index (χ0n) is 21.4. The summed E-state index contributed by atoms with van der Waals surface area (Å²) in [6.45, 7) is 6.70. The molecule has 0 aliphatic heterocycles. The quantitative estimate of drug-likeness (QED) is 0.401. The average Bonchev–Trinajstić information content (AvgIpc) is 3.23. The Morgan fingerprint density at radius 3 is 2.21 bits per heavy atom. The van der Waals surface area contributed by atoms with E-state index in [2.05, 4.69) is 75.4 Å². The largest absolute Gasteiger partial charge is 0.299 e.